The highest BCUT2D eigenvalue weighted by Gasteiger charge is 2.33. The van der Waals surface area contributed by atoms with Gasteiger partial charge in [0.2, 0.25) is 0 Å². The Morgan fingerprint density at radius 1 is 1.05 bits per heavy atom. The van der Waals surface area contributed by atoms with Crippen LogP contribution in [0, 0.1) is 0 Å². The van der Waals surface area contributed by atoms with Gasteiger partial charge in [0.15, 0.2) is 0 Å². The van der Waals surface area contributed by atoms with Gasteiger partial charge in [0, 0.05) is 27.1 Å². The molecular weight excluding hydrogens is 386 g/mol. The summed E-state index contributed by atoms with van der Waals surface area (Å²) in [5, 5.41) is 0.722. The van der Waals surface area contributed by atoms with E-state index in [1.54, 1.807) is 11.3 Å². The molecule has 19 heavy (non-hydrogen) atoms. The Balaban J connectivity index is 2.40. The van der Waals surface area contributed by atoms with Gasteiger partial charge in [-0.05, 0) is 46.1 Å². The Morgan fingerprint density at radius 2 is 1.74 bits per heavy atom. The standard InChI is InChI=1S/C14H12BrCl3S/c15-13-6-5-10(19-13)7-14(8-16,9-17)11-3-1-2-4-12(11)18/h1-6H,7-9H2. The van der Waals surface area contributed by atoms with Gasteiger partial charge in [-0.3, -0.25) is 0 Å². The third-order valence-corrected chi connectivity index (χ3v) is 6.07. The Kier molecular flexibility index (Phi) is 5.62. The molecule has 0 saturated heterocycles. The lowest BCUT2D eigenvalue weighted by atomic mass is 9.80. The van der Waals surface area contributed by atoms with Gasteiger partial charge in [-0.15, -0.1) is 34.5 Å². The van der Waals surface area contributed by atoms with E-state index in [9.17, 15) is 0 Å². The first-order valence-electron chi connectivity index (χ1n) is 5.72. The molecule has 0 aliphatic rings. The van der Waals surface area contributed by atoms with Gasteiger partial charge in [0.25, 0.3) is 0 Å². The van der Waals surface area contributed by atoms with E-state index in [-0.39, 0.29) is 5.41 Å². The number of hydrogen-bond acceptors (Lipinski definition) is 1. The average Bonchev–Trinajstić information content (AvgIpc) is 2.82. The molecule has 2 rings (SSSR count). The zero-order valence-electron chi connectivity index (χ0n) is 10.0. The van der Waals surface area contributed by atoms with E-state index in [2.05, 4.69) is 22.0 Å². The van der Waals surface area contributed by atoms with Gasteiger partial charge >= 0.3 is 0 Å². The molecule has 0 aliphatic heterocycles. The number of hydrogen-bond donors (Lipinski definition) is 0. The quantitative estimate of drug-likeness (QED) is 0.532. The minimum absolute atomic E-state index is 0.328. The van der Waals surface area contributed by atoms with Crippen molar-refractivity contribution in [3.8, 4) is 0 Å². The van der Waals surface area contributed by atoms with Crippen LogP contribution in [0.3, 0.4) is 0 Å². The van der Waals surface area contributed by atoms with E-state index < -0.39 is 0 Å². The first-order chi connectivity index (χ1) is 9.11. The van der Waals surface area contributed by atoms with Crippen LogP contribution in [0.15, 0.2) is 40.2 Å². The Bertz CT molecular complexity index is 549. The second-order valence-corrected chi connectivity index (χ2v) is 7.90. The summed E-state index contributed by atoms with van der Waals surface area (Å²) >= 11 is 24.0. The third kappa shape index (κ3) is 3.48. The van der Waals surface area contributed by atoms with E-state index in [0.29, 0.717) is 11.8 Å². The van der Waals surface area contributed by atoms with E-state index in [1.807, 2.05) is 30.3 Å². The van der Waals surface area contributed by atoms with Gasteiger partial charge in [0.1, 0.15) is 0 Å². The van der Waals surface area contributed by atoms with Gasteiger partial charge in [-0.1, -0.05) is 29.8 Å². The number of benzene rings is 1. The summed E-state index contributed by atoms with van der Waals surface area (Å²) in [6.07, 6.45) is 0.792. The first-order valence-corrected chi connectivity index (χ1v) is 8.78. The lowest BCUT2D eigenvalue weighted by Gasteiger charge is -2.30. The number of halogens is 4. The predicted molar refractivity (Wildman–Crippen MR) is 90.3 cm³/mol. The minimum Gasteiger partial charge on any atom is -0.133 e. The van der Waals surface area contributed by atoms with E-state index >= 15 is 0 Å². The second-order valence-electron chi connectivity index (χ2n) is 4.41. The fraction of sp³-hybridized carbons (Fsp3) is 0.286. The summed E-state index contributed by atoms with van der Waals surface area (Å²) in [5.41, 5.74) is 0.692. The van der Waals surface area contributed by atoms with Crippen molar-refractivity contribution < 1.29 is 0 Å². The molecule has 0 saturated carbocycles. The molecule has 0 atom stereocenters. The van der Waals surface area contributed by atoms with Gasteiger partial charge in [0.05, 0.1) is 3.79 Å². The first kappa shape index (κ1) is 15.7. The molecule has 0 N–H and O–H groups in total. The molecule has 1 aromatic heterocycles. The largest absolute Gasteiger partial charge is 0.133 e. The van der Waals surface area contributed by atoms with Crippen molar-refractivity contribution in [1.29, 1.82) is 0 Å². The van der Waals surface area contributed by atoms with Crippen molar-refractivity contribution in [2.24, 2.45) is 0 Å². The molecular formula is C14H12BrCl3S. The lowest BCUT2D eigenvalue weighted by Crippen LogP contribution is -2.33. The molecule has 0 unspecified atom stereocenters. The zero-order chi connectivity index (χ0) is 13.9. The molecule has 1 aromatic carbocycles. The van der Waals surface area contributed by atoms with E-state index in [1.165, 1.54) is 4.88 Å². The normalized spacial score (nSPS) is 11.8. The van der Waals surface area contributed by atoms with Crippen molar-refractivity contribution >= 4 is 62.1 Å². The maximum absolute atomic E-state index is 6.31. The van der Waals surface area contributed by atoms with E-state index in [0.717, 1.165) is 20.8 Å². The molecule has 5 heteroatoms. The third-order valence-electron chi connectivity index (χ3n) is 3.10. The molecule has 0 bridgehead atoms. The molecule has 102 valence electrons. The molecule has 0 amide bonds. The van der Waals surface area contributed by atoms with Crippen molar-refractivity contribution in [3.05, 3.63) is 55.6 Å². The van der Waals surface area contributed by atoms with Crippen molar-refractivity contribution in [1.82, 2.24) is 0 Å². The van der Waals surface area contributed by atoms with Crippen LogP contribution in [-0.4, -0.2) is 11.8 Å². The Morgan fingerprint density at radius 3 is 2.26 bits per heavy atom. The minimum atomic E-state index is -0.328. The predicted octanol–water partition coefficient (Wildman–Crippen LogP) is 6.12. The fourth-order valence-electron chi connectivity index (χ4n) is 2.04. The van der Waals surface area contributed by atoms with Crippen LogP contribution in [-0.2, 0) is 11.8 Å². The molecule has 0 fully saturated rings. The topological polar surface area (TPSA) is 0 Å². The number of thiophene rings is 1. The van der Waals surface area contributed by atoms with E-state index in [4.69, 9.17) is 34.8 Å². The van der Waals surface area contributed by atoms with Crippen LogP contribution in [0.25, 0.3) is 0 Å². The van der Waals surface area contributed by atoms with Crippen LogP contribution < -0.4 is 0 Å². The molecule has 2 aromatic rings. The molecule has 0 radical (unpaired) electrons. The lowest BCUT2D eigenvalue weighted by molar-refractivity contribution is 0.541. The zero-order valence-corrected chi connectivity index (χ0v) is 14.7. The second kappa shape index (κ2) is 6.82. The monoisotopic (exact) mass is 396 g/mol. The van der Waals surface area contributed by atoms with Crippen molar-refractivity contribution in [2.45, 2.75) is 11.8 Å². The highest BCUT2D eigenvalue weighted by atomic mass is 79.9. The maximum atomic E-state index is 6.31. The maximum Gasteiger partial charge on any atom is 0.0701 e. The fourth-order valence-corrected chi connectivity index (χ4v) is 4.77. The highest BCUT2D eigenvalue weighted by Crippen LogP contribution is 2.37. The van der Waals surface area contributed by atoms with Crippen LogP contribution in [0.1, 0.15) is 10.4 Å². The van der Waals surface area contributed by atoms with Gasteiger partial charge in [-0.2, -0.15) is 0 Å². The molecule has 0 aliphatic carbocycles. The average molecular weight is 399 g/mol. The van der Waals surface area contributed by atoms with Crippen LogP contribution in [0.4, 0.5) is 0 Å². The number of rotatable bonds is 5. The Hall–Kier alpha value is 0.270. The summed E-state index contributed by atoms with van der Waals surface area (Å²) < 4.78 is 1.11. The summed E-state index contributed by atoms with van der Waals surface area (Å²) in [6, 6.07) is 11.9. The summed E-state index contributed by atoms with van der Waals surface area (Å²) in [7, 11) is 0. The van der Waals surface area contributed by atoms with Crippen molar-refractivity contribution in [2.75, 3.05) is 11.8 Å². The Labute approximate surface area is 140 Å². The van der Waals surface area contributed by atoms with Crippen molar-refractivity contribution in [3.63, 3.8) is 0 Å². The number of alkyl halides is 2. The molecule has 0 spiro atoms. The molecule has 1 heterocycles. The summed E-state index contributed by atoms with van der Waals surface area (Å²) in [6.45, 7) is 0. The summed E-state index contributed by atoms with van der Waals surface area (Å²) in [4.78, 5) is 1.24. The van der Waals surface area contributed by atoms with Crippen LogP contribution >= 0.6 is 62.1 Å². The van der Waals surface area contributed by atoms with Crippen LogP contribution in [0.2, 0.25) is 5.02 Å². The van der Waals surface area contributed by atoms with Crippen LogP contribution in [0.5, 0.6) is 0 Å². The summed E-state index contributed by atoms with van der Waals surface area (Å²) in [5.74, 6) is 0.880. The highest BCUT2D eigenvalue weighted by molar-refractivity contribution is 9.11. The molecule has 0 nitrogen and oxygen atoms in total. The van der Waals surface area contributed by atoms with Gasteiger partial charge in [-0.25, -0.2) is 0 Å². The van der Waals surface area contributed by atoms with Gasteiger partial charge < -0.3 is 0 Å². The SMILES string of the molecule is ClCC(CCl)(Cc1ccc(Br)s1)c1ccccc1Cl. The smallest absolute Gasteiger partial charge is 0.0701 e.